The first kappa shape index (κ1) is 31.0. The Labute approximate surface area is 245 Å². The van der Waals surface area contributed by atoms with Gasteiger partial charge in [0.2, 0.25) is 17.7 Å². The molecule has 1 spiro atoms. The third kappa shape index (κ3) is 5.14. The molecule has 1 aromatic carbocycles. The molecule has 0 saturated carbocycles. The highest BCUT2D eigenvalue weighted by atomic mass is 16.5. The molecule has 3 heterocycles. The lowest BCUT2D eigenvalue weighted by Gasteiger charge is -2.40. The lowest BCUT2D eigenvalue weighted by Crippen LogP contribution is -2.58. The van der Waals surface area contributed by atoms with Crippen molar-refractivity contribution >= 4 is 23.4 Å². The monoisotopic (exact) mass is 565 g/mol. The number of likely N-dealkylation sites (tertiary alicyclic amines) is 1. The molecule has 2 bridgehead atoms. The Hall–Kier alpha value is -2.97. The molecule has 3 aliphatic heterocycles. The minimum absolute atomic E-state index is 0.00560. The van der Waals surface area contributed by atoms with E-state index in [4.69, 9.17) is 4.74 Å². The van der Waals surface area contributed by atoms with Crippen LogP contribution in [0.5, 0.6) is 0 Å². The molecule has 7 atom stereocenters. The molecule has 8 heteroatoms. The lowest BCUT2D eigenvalue weighted by molar-refractivity contribution is -0.153. The molecule has 4 unspecified atom stereocenters. The van der Waals surface area contributed by atoms with Crippen LogP contribution in [0.1, 0.15) is 59.8 Å². The number of unbranched alkanes of at least 4 members (excludes halogenated alkanes) is 1. The maximum Gasteiger partial charge on any atom is 0.248 e. The van der Waals surface area contributed by atoms with Crippen molar-refractivity contribution in [3.8, 4) is 0 Å². The number of ether oxygens (including phenoxy) is 1. The van der Waals surface area contributed by atoms with E-state index >= 15 is 0 Å². The molecular formula is C33H47N3O5. The highest BCUT2D eigenvalue weighted by Crippen LogP contribution is 2.65. The smallest absolute Gasteiger partial charge is 0.248 e. The molecule has 3 amide bonds. The summed E-state index contributed by atoms with van der Waals surface area (Å²) in [5, 5.41) is 9.47. The number of carbonyl (C=O) groups is 3. The second kappa shape index (κ2) is 12.5. The molecule has 8 nitrogen and oxygen atoms in total. The van der Waals surface area contributed by atoms with Crippen LogP contribution in [0.4, 0.5) is 5.69 Å². The molecule has 1 aromatic rings. The van der Waals surface area contributed by atoms with Gasteiger partial charge in [-0.15, -0.1) is 13.2 Å². The van der Waals surface area contributed by atoms with Crippen LogP contribution in [-0.4, -0.2) is 82.2 Å². The van der Waals surface area contributed by atoms with Crippen molar-refractivity contribution in [3.63, 3.8) is 0 Å². The van der Waals surface area contributed by atoms with Gasteiger partial charge in [-0.3, -0.25) is 14.4 Å². The van der Waals surface area contributed by atoms with Crippen molar-refractivity contribution in [2.24, 2.45) is 17.8 Å². The first-order valence-electron chi connectivity index (χ1n) is 15.1. The zero-order chi connectivity index (χ0) is 29.9. The Morgan fingerprint density at radius 1 is 1.17 bits per heavy atom. The van der Waals surface area contributed by atoms with Crippen molar-refractivity contribution in [2.75, 3.05) is 31.1 Å². The van der Waals surface area contributed by atoms with Gasteiger partial charge in [0.1, 0.15) is 11.6 Å². The van der Waals surface area contributed by atoms with Crippen molar-refractivity contribution in [3.05, 3.63) is 55.6 Å². The highest BCUT2D eigenvalue weighted by Gasteiger charge is 2.80. The predicted molar refractivity (Wildman–Crippen MR) is 160 cm³/mol. The number of anilines is 1. The van der Waals surface area contributed by atoms with Crippen LogP contribution in [0, 0.1) is 17.8 Å². The first-order valence-corrected chi connectivity index (χ1v) is 15.1. The second-order valence-corrected chi connectivity index (χ2v) is 12.2. The van der Waals surface area contributed by atoms with Crippen LogP contribution < -0.4 is 4.90 Å². The van der Waals surface area contributed by atoms with Crippen LogP contribution >= 0.6 is 0 Å². The topological polar surface area (TPSA) is 90.4 Å². The maximum atomic E-state index is 14.6. The van der Waals surface area contributed by atoms with Crippen LogP contribution in [0.25, 0.3) is 0 Å². The summed E-state index contributed by atoms with van der Waals surface area (Å²) in [5.74, 6) is -2.11. The zero-order valence-corrected chi connectivity index (χ0v) is 25.1. The summed E-state index contributed by atoms with van der Waals surface area (Å²) in [6.45, 7) is 16.9. The Balaban J connectivity index is 1.81. The van der Waals surface area contributed by atoms with Crippen LogP contribution in [-0.2, 0) is 19.1 Å². The standard InChI is InChI=1S/C33H47N3O5/c1-7-15-24(5)34(18-8-2)31(40)28-33-22-23(4)32(6,41-33)26(27(33)30(39)36(28)20-13-14-21-37)29(38)35(19-9-3)25-16-11-10-12-17-25/h8-12,16-17,23-24,26-28,37H,2-3,7,13-15,18-22H2,1,4-6H3/t23?,24?,26-,27-,28?,32+,33?/m0/s1. The molecule has 3 fully saturated rings. The minimum atomic E-state index is -1.11. The largest absolute Gasteiger partial charge is 0.396 e. The fraction of sp³-hybridized carbons (Fsp3) is 0.606. The number of carbonyl (C=O) groups excluding carboxylic acids is 3. The average Bonchev–Trinajstić information content (AvgIpc) is 3.47. The van der Waals surface area contributed by atoms with Gasteiger partial charge in [0, 0.05) is 38.0 Å². The van der Waals surface area contributed by atoms with E-state index in [0.717, 1.165) is 18.5 Å². The number of aliphatic hydroxyl groups excluding tert-OH is 1. The van der Waals surface area contributed by atoms with Gasteiger partial charge in [-0.25, -0.2) is 0 Å². The summed E-state index contributed by atoms with van der Waals surface area (Å²) in [5.41, 5.74) is -1.28. The summed E-state index contributed by atoms with van der Waals surface area (Å²) in [7, 11) is 0. The summed E-state index contributed by atoms with van der Waals surface area (Å²) < 4.78 is 6.93. The first-order chi connectivity index (χ1) is 19.6. The summed E-state index contributed by atoms with van der Waals surface area (Å²) in [4.78, 5) is 48.7. The van der Waals surface area contributed by atoms with E-state index in [-0.39, 0.29) is 36.3 Å². The Morgan fingerprint density at radius 3 is 2.46 bits per heavy atom. The number of para-hydroxylation sites is 1. The third-order valence-corrected chi connectivity index (χ3v) is 9.61. The van der Waals surface area contributed by atoms with Crippen molar-refractivity contribution in [1.82, 2.24) is 9.80 Å². The number of amides is 3. The van der Waals surface area contributed by atoms with Gasteiger partial charge in [-0.1, -0.05) is 50.6 Å². The van der Waals surface area contributed by atoms with E-state index in [0.29, 0.717) is 38.9 Å². The summed E-state index contributed by atoms with van der Waals surface area (Å²) in [6, 6.07) is 8.53. The van der Waals surface area contributed by atoms with E-state index in [1.54, 1.807) is 22.0 Å². The molecule has 1 N–H and O–H groups in total. The molecular weight excluding hydrogens is 518 g/mol. The van der Waals surface area contributed by atoms with Gasteiger partial charge in [0.15, 0.2) is 0 Å². The molecule has 0 radical (unpaired) electrons. The van der Waals surface area contributed by atoms with E-state index < -0.39 is 29.1 Å². The van der Waals surface area contributed by atoms with Gasteiger partial charge in [0.05, 0.1) is 17.4 Å². The van der Waals surface area contributed by atoms with Crippen LogP contribution in [0.2, 0.25) is 0 Å². The molecule has 0 aromatic heterocycles. The maximum absolute atomic E-state index is 14.6. The number of rotatable bonds is 14. The highest BCUT2D eigenvalue weighted by molar-refractivity contribution is 6.03. The summed E-state index contributed by atoms with van der Waals surface area (Å²) >= 11 is 0. The SMILES string of the molecule is C=CCN(C(=O)[C@@H]1[C@H]2C(=O)N(CCCCO)C(C(=O)N(CC=C)C(C)CCC)C23CC(C)[C@@]1(C)O3)c1ccccc1. The average molecular weight is 566 g/mol. The number of benzene rings is 1. The minimum Gasteiger partial charge on any atom is -0.396 e. The van der Waals surface area contributed by atoms with Gasteiger partial charge >= 0.3 is 0 Å². The van der Waals surface area contributed by atoms with Gasteiger partial charge < -0.3 is 24.5 Å². The van der Waals surface area contributed by atoms with E-state index in [2.05, 4.69) is 27.0 Å². The van der Waals surface area contributed by atoms with Crippen molar-refractivity contribution in [1.29, 1.82) is 0 Å². The van der Waals surface area contributed by atoms with E-state index in [1.165, 1.54) is 0 Å². The third-order valence-electron chi connectivity index (χ3n) is 9.61. The quantitative estimate of drug-likeness (QED) is 0.270. The van der Waals surface area contributed by atoms with Crippen molar-refractivity contribution in [2.45, 2.75) is 83.1 Å². The Bertz CT molecular complexity index is 1140. The fourth-order valence-electron chi connectivity index (χ4n) is 7.61. The number of fused-ring (bicyclic) bond motifs is 1. The van der Waals surface area contributed by atoms with Crippen molar-refractivity contribution < 1.29 is 24.2 Å². The van der Waals surface area contributed by atoms with Gasteiger partial charge in [-0.05, 0) is 57.6 Å². The summed E-state index contributed by atoms with van der Waals surface area (Å²) in [6.07, 6.45) is 6.75. The Morgan fingerprint density at radius 2 is 1.85 bits per heavy atom. The molecule has 0 aliphatic carbocycles. The predicted octanol–water partition coefficient (Wildman–Crippen LogP) is 4.19. The number of nitrogens with zero attached hydrogens (tertiary/aromatic N) is 3. The fourth-order valence-corrected chi connectivity index (χ4v) is 7.61. The van der Waals surface area contributed by atoms with Crippen LogP contribution in [0.15, 0.2) is 55.6 Å². The van der Waals surface area contributed by atoms with Gasteiger partial charge in [-0.2, -0.15) is 0 Å². The molecule has 4 rings (SSSR count). The van der Waals surface area contributed by atoms with E-state index in [1.807, 2.05) is 49.1 Å². The zero-order valence-electron chi connectivity index (χ0n) is 25.1. The number of aliphatic hydroxyl groups is 1. The van der Waals surface area contributed by atoms with Crippen LogP contribution in [0.3, 0.4) is 0 Å². The molecule has 3 aliphatic rings. The second-order valence-electron chi connectivity index (χ2n) is 12.2. The van der Waals surface area contributed by atoms with E-state index in [9.17, 15) is 19.5 Å². The molecule has 3 saturated heterocycles. The lowest BCUT2D eigenvalue weighted by atomic mass is 9.62. The molecule has 41 heavy (non-hydrogen) atoms. The normalized spacial score (nSPS) is 30.7. The Kier molecular flexibility index (Phi) is 9.44. The number of hydrogen-bond acceptors (Lipinski definition) is 5. The molecule has 224 valence electrons. The number of hydrogen-bond donors (Lipinski definition) is 1. The van der Waals surface area contributed by atoms with Gasteiger partial charge in [0.25, 0.3) is 0 Å².